The number of para-hydroxylation sites is 1. The van der Waals surface area contributed by atoms with Gasteiger partial charge in [-0.1, -0.05) is 12.1 Å². The third-order valence-corrected chi connectivity index (χ3v) is 3.81. The molecule has 0 radical (unpaired) electrons. The highest BCUT2D eigenvalue weighted by Crippen LogP contribution is 2.37. The van der Waals surface area contributed by atoms with Crippen molar-refractivity contribution in [2.45, 2.75) is 37.7 Å². The van der Waals surface area contributed by atoms with E-state index in [-0.39, 0.29) is 5.78 Å². The Kier molecular flexibility index (Phi) is 2.44. The van der Waals surface area contributed by atoms with Crippen LogP contribution in [0.15, 0.2) is 18.2 Å². The molecule has 0 amide bonds. The van der Waals surface area contributed by atoms with E-state index < -0.39 is 5.60 Å². The molecule has 1 aromatic rings. The Morgan fingerprint density at radius 1 is 1.29 bits per heavy atom. The van der Waals surface area contributed by atoms with Crippen molar-refractivity contribution in [2.24, 2.45) is 0 Å². The van der Waals surface area contributed by atoms with Crippen molar-refractivity contribution in [1.82, 2.24) is 0 Å². The maximum Gasteiger partial charge on any atom is 0.198 e. The molecule has 0 aromatic heterocycles. The van der Waals surface area contributed by atoms with E-state index in [0.717, 1.165) is 24.8 Å². The van der Waals surface area contributed by atoms with Crippen LogP contribution in [0.1, 0.15) is 41.6 Å². The van der Waals surface area contributed by atoms with E-state index in [1.165, 1.54) is 0 Å². The maximum absolute atomic E-state index is 12.4. The first-order valence-corrected chi connectivity index (χ1v) is 6.23. The molecule has 90 valence electrons. The first-order chi connectivity index (χ1) is 8.21. The van der Waals surface area contributed by atoms with Crippen LogP contribution in [0.25, 0.3) is 0 Å². The minimum Gasteiger partial charge on any atom is -0.492 e. The standard InChI is InChI=1S/C14H16O3/c15-13(14(16)7-1-2-8-14)11-5-3-4-10-6-9-17-12(10)11/h3-5,16H,1-2,6-9H2. The van der Waals surface area contributed by atoms with Gasteiger partial charge in [0.1, 0.15) is 11.4 Å². The van der Waals surface area contributed by atoms with Crippen LogP contribution in [0.4, 0.5) is 0 Å². The number of rotatable bonds is 2. The van der Waals surface area contributed by atoms with Crippen LogP contribution in [0.2, 0.25) is 0 Å². The zero-order valence-electron chi connectivity index (χ0n) is 9.74. The van der Waals surface area contributed by atoms with Crippen LogP contribution in [0.5, 0.6) is 5.75 Å². The number of carbonyl (C=O) groups excluding carboxylic acids is 1. The SMILES string of the molecule is O=C(c1cccc2c1OCC2)C1(O)CCCC1. The van der Waals surface area contributed by atoms with Gasteiger partial charge in [0.25, 0.3) is 0 Å². The normalized spacial score (nSPS) is 21.0. The molecular formula is C14H16O3. The number of ketones is 1. The van der Waals surface area contributed by atoms with Crippen molar-refractivity contribution in [1.29, 1.82) is 0 Å². The summed E-state index contributed by atoms with van der Waals surface area (Å²) < 4.78 is 5.52. The van der Waals surface area contributed by atoms with Gasteiger partial charge in [-0.05, 0) is 37.3 Å². The molecule has 3 rings (SSSR count). The molecule has 17 heavy (non-hydrogen) atoms. The Bertz CT molecular complexity index is 459. The predicted molar refractivity (Wildman–Crippen MR) is 63.4 cm³/mol. The lowest BCUT2D eigenvalue weighted by Gasteiger charge is -2.21. The maximum atomic E-state index is 12.4. The Morgan fingerprint density at radius 2 is 2.06 bits per heavy atom. The van der Waals surface area contributed by atoms with Crippen molar-refractivity contribution >= 4 is 5.78 Å². The van der Waals surface area contributed by atoms with Gasteiger partial charge in [-0.3, -0.25) is 4.79 Å². The van der Waals surface area contributed by atoms with Gasteiger partial charge in [0, 0.05) is 6.42 Å². The van der Waals surface area contributed by atoms with Crippen LogP contribution in [0, 0.1) is 0 Å². The number of aliphatic hydroxyl groups is 1. The summed E-state index contributed by atoms with van der Waals surface area (Å²) >= 11 is 0. The minimum atomic E-state index is -1.15. The van der Waals surface area contributed by atoms with E-state index in [4.69, 9.17) is 4.74 Å². The lowest BCUT2D eigenvalue weighted by Crippen LogP contribution is -2.35. The van der Waals surface area contributed by atoms with Gasteiger partial charge in [-0.15, -0.1) is 0 Å². The average Bonchev–Trinajstić information content (AvgIpc) is 2.96. The van der Waals surface area contributed by atoms with E-state index in [1.54, 1.807) is 6.07 Å². The molecule has 0 spiro atoms. The molecule has 1 heterocycles. The largest absolute Gasteiger partial charge is 0.492 e. The zero-order chi connectivity index (χ0) is 11.9. The summed E-state index contributed by atoms with van der Waals surface area (Å²) in [5.74, 6) is 0.534. The Hall–Kier alpha value is -1.35. The Labute approximate surface area is 100 Å². The molecule has 1 aromatic carbocycles. The third-order valence-electron chi connectivity index (χ3n) is 3.81. The third kappa shape index (κ3) is 1.65. The van der Waals surface area contributed by atoms with E-state index in [1.807, 2.05) is 12.1 Å². The lowest BCUT2D eigenvalue weighted by molar-refractivity contribution is 0.0350. The minimum absolute atomic E-state index is 0.159. The average molecular weight is 232 g/mol. The van der Waals surface area contributed by atoms with Gasteiger partial charge in [-0.2, -0.15) is 0 Å². The fourth-order valence-corrected chi connectivity index (χ4v) is 2.83. The number of fused-ring (bicyclic) bond motifs is 1. The van der Waals surface area contributed by atoms with Crippen LogP contribution < -0.4 is 4.74 Å². The predicted octanol–water partition coefficient (Wildman–Crippen LogP) is 2.11. The number of ether oxygens (including phenoxy) is 1. The summed E-state index contributed by atoms with van der Waals surface area (Å²) in [6.07, 6.45) is 3.87. The highest BCUT2D eigenvalue weighted by molar-refractivity contribution is 6.05. The molecule has 1 aliphatic heterocycles. The smallest absolute Gasteiger partial charge is 0.198 e. The van der Waals surface area contributed by atoms with E-state index in [2.05, 4.69) is 0 Å². The molecule has 2 aliphatic rings. The Balaban J connectivity index is 1.99. The van der Waals surface area contributed by atoms with Gasteiger partial charge in [0.15, 0.2) is 5.78 Å². The first kappa shape index (κ1) is 10.8. The molecule has 0 saturated heterocycles. The molecule has 1 fully saturated rings. The molecular weight excluding hydrogens is 216 g/mol. The molecule has 0 atom stereocenters. The first-order valence-electron chi connectivity index (χ1n) is 6.23. The van der Waals surface area contributed by atoms with E-state index in [0.29, 0.717) is 30.8 Å². The molecule has 3 nitrogen and oxygen atoms in total. The van der Waals surface area contributed by atoms with Gasteiger partial charge < -0.3 is 9.84 Å². The second-order valence-electron chi connectivity index (χ2n) is 4.96. The molecule has 1 aliphatic carbocycles. The second-order valence-corrected chi connectivity index (χ2v) is 4.96. The van der Waals surface area contributed by atoms with Crippen molar-refractivity contribution < 1.29 is 14.6 Å². The summed E-state index contributed by atoms with van der Waals surface area (Å²) in [6.45, 7) is 0.637. The number of hydrogen-bond acceptors (Lipinski definition) is 3. The second kappa shape index (κ2) is 3.84. The molecule has 3 heteroatoms. The molecule has 1 N–H and O–H groups in total. The number of hydrogen-bond donors (Lipinski definition) is 1. The van der Waals surface area contributed by atoms with Crippen molar-refractivity contribution in [2.75, 3.05) is 6.61 Å². The highest BCUT2D eigenvalue weighted by Gasteiger charge is 2.40. The highest BCUT2D eigenvalue weighted by atomic mass is 16.5. The van der Waals surface area contributed by atoms with Crippen LogP contribution in [-0.2, 0) is 6.42 Å². The fourth-order valence-electron chi connectivity index (χ4n) is 2.83. The van der Waals surface area contributed by atoms with Crippen molar-refractivity contribution in [3.8, 4) is 5.75 Å². The molecule has 0 unspecified atom stereocenters. The van der Waals surface area contributed by atoms with E-state index >= 15 is 0 Å². The fraction of sp³-hybridized carbons (Fsp3) is 0.500. The van der Waals surface area contributed by atoms with Gasteiger partial charge in [0.2, 0.25) is 0 Å². The molecule has 1 saturated carbocycles. The number of benzene rings is 1. The quantitative estimate of drug-likeness (QED) is 0.794. The zero-order valence-corrected chi connectivity index (χ0v) is 9.74. The summed E-state index contributed by atoms with van der Waals surface area (Å²) in [7, 11) is 0. The summed E-state index contributed by atoms with van der Waals surface area (Å²) in [5.41, 5.74) is 0.489. The summed E-state index contributed by atoms with van der Waals surface area (Å²) in [5, 5.41) is 10.3. The monoisotopic (exact) mass is 232 g/mol. The lowest BCUT2D eigenvalue weighted by atomic mass is 9.90. The van der Waals surface area contributed by atoms with Crippen molar-refractivity contribution in [3.05, 3.63) is 29.3 Å². The van der Waals surface area contributed by atoms with Crippen LogP contribution >= 0.6 is 0 Å². The Morgan fingerprint density at radius 3 is 2.82 bits per heavy atom. The number of carbonyl (C=O) groups is 1. The van der Waals surface area contributed by atoms with Gasteiger partial charge >= 0.3 is 0 Å². The summed E-state index contributed by atoms with van der Waals surface area (Å²) in [6, 6.07) is 5.62. The van der Waals surface area contributed by atoms with Gasteiger partial charge in [0.05, 0.1) is 12.2 Å². The van der Waals surface area contributed by atoms with E-state index in [9.17, 15) is 9.90 Å². The van der Waals surface area contributed by atoms with Crippen molar-refractivity contribution in [3.63, 3.8) is 0 Å². The summed E-state index contributed by atoms with van der Waals surface area (Å²) in [4.78, 5) is 12.4. The molecule has 0 bridgehead atoms. The van der Waals surface area contributed by atoms with Gasteiger partial charge in [-0.25, -0.2) is 0 Å². The topological polar surface area (TPSA) is 46.5 Å². The number of Topliss-reactive ketones (excluding diaryl/α,β-unsaturated/α-hetero) is 1. The van der Waals surface area contributed by atoms with Crippen LogP contribution in [0.3, 0.4) is 0 Å². The van der Waals surface area contributed by atoms with Crippen LogP contribution in [-0.4, -0.2) is 23.1 Å².